The molecule has 2 aromatic carbocycles. The first-order valence-electron chi connectivity index (χ1n) is 7.52. The first-order valence-corrected chi connectivity index (χ1v) is 7.52. The van der Waals surface area contributed by atoms with E-state index in [9.17, 15) is 14.0 Å². The number of aromatic nitrogens is 2. The predicted molar refractivity (Wildman–Crippen MR) is 89.6 cm³/mol. The van der Waals surface area contributed by atoms with Gasteiger partial charge in [0.25, 0.3) is 11.8 Å². The van der Waals surface area contributed by atoms with E-state index in [0.717, 1.165) is 11.4 Å². The third-order valence-corrected chi connectivity index (χ3v) is 3.60. The van der Waals surface area contributed by atoms with Crippen LogP contribution in [0.4, 0.5) is 4.39 Å². The molecule has 0 unspecified atom stereocenters. The van der Waals surface area contributed by atoms with Gasteiger partial charge in [0.15, 0.2) is 0 Å². The maximum atomic E-state index is 12.8. The molecule has 1 heterocycles. The molecule has 0 bridgehead atoms. The van der Waals surface area contributed by atoms with Gasteiger partial charge in [0.05, 0.1) is 5.69 Å². The number of hydrazine groups is 1. The van der Waals surface area contributed by atoms with Crippen molar-refractivity contribution in [1.82, 2.24) is 20.6 Å². The van der Waals surface area contributed by atoms with Crippen LogP contribution >= 0.6 is 0 Å². The van der Waals surface area contributed by atoms with Crippen LogP contribution in [-0.2, 0) is 0 Å². The maximum absolute atomic E-state index is 12.8. The summed E-state index contributed by atoms with van der Waals surface area (Å²) in [5, 5.41) is 4.19. The molecule has 0 fully saturated rings. The third-order valence-electron chi connectivity index (χ3n) is 3.60. The van der Waals surface area contributed by atoms with E-state index in [1.165, 1.54) is 24.3 Å². The molecule has 2 N–H and O–H groups in total. The lowest BCUT2D eigenvalue weighted by molar-refractivity contribution is 0.0846. The second-order valence-corrected chi connectivity index (χ2v) is 5.35. The van der Waals surface area contributed by atoms with Crippen LogP contribution < -0.4 is 10.9 Å². The Morgan fingerprint density at radius 1 is 0.880 bits per heavy atom. The quantitative estimate of drug-likeness (QED) is 0.720. The van der Waals surface area contributed by atoms with Crippen LogP contribution in [0.25, 0.3) is 5.69 Å². The summed E-state index contributed by atoms with van der Waals surface area (Å²) in [6, 6.07) is 13.7. The van der Waals surface area contributed by atoms with Crippen molar-refractivity contribution in [2.75, 3.05) is 0 Å². The minimum absolute atomic E-state index is 0.242. The fourth-order valence-corrected chi connectivity index (χ4v) is 2.25. The summed E-state index contributed by atoms with van der Waals surface area (Å²) in [5.74, 6) is -1.43. The summed E-state index contributed by atoms with van der Waals surface area (Å²) >= 11 is 0. The van der Waals surface area contributed by atoms with Gasteiger partial charge in [-0.15, -0.1) is 0 Å². The minimum atomic E-state index is -0.530. The number of aryl methyl sites for hydroxylation is 1. The van der Waals surface area contributed by atoms with E-state index in [2.05, 4.69) is 16.0 Å². The van der Waals surface area contributed by atoms with Gasteiger partial charge >= 0.3 is 0 Å². The van der Waals surface area contributed by atoms with Gasteiger partial charge in [-0.05, 0) is 61.5 Å². The van der Waals surface area contributed by atoms with Crippen LogP contribution in [0.1, 0.15) is 26.4 Å². The SMILES string of the molecule is Cc1ccnn1-c1ccc(C(=O)NNC(=O)c2ccc(F)cc2)cc1. The first-order chi connectivity index (χ1) is 12.0. The molecule has 0 saturated heterocycles. The minimum Gasteiger partial charge on any atom is -0.267 e. The molecule has 7 heteroatoms. The summed E-state index contributed by atoms with van der Waals surface area (Å²) in [6.45, 7) is 1.93. The second-order valence-electron chi connectivity index (χ2n) is 5.35. The normalized spacial score (nSPS) is 10.3. The lowest BCUT2D eigenvalue weighted by Gasteiger charge is -2.09. The molecule has 6 nitrogen and oxygen atoms in total. The highest BCUT2D eigenvalue weighted by Crippen LogP contribution is 2.11. The Morgan fingerprint density at radius 2 is 1.40 bits per heavy atom. The van der Waals surface area contributed by atoms with Gasteiger partial charge in [0.2, 0.25) is 0 Å². The predicted octanol–water partition coefficient (Wildman–Crippen LogP) is 2.39. The van der Waals surface area contributed by atoms with E-state index in [1.807, 2.05) is 13.0 Å². The number of amides is 2. The highest BCUT2D eigenvalue weighted by molar-refractivity contribution is 5.99. The number of carbonyl (C=O) groups excluding carboxylic acids is 2. The van der Waals surface area contributed by atoms with Crippen molar-refractivity contribution in [1.29, 1.82) is 0 Å². The fraction of sp³-hybridized carbons (Fsp3) is 0.0556. The van der Waals surface area contributed by atoms with Crippen molar-refractivity contribution in [3.8, 4) is 5.69 Å². The van der Waals surface area contributed by atoms with Gasteiger partial charge in [-0.3, -0.25) is 20.4 Å². The molecule has 25 heavy (non-hydrogen) atoms. The Labute approximate surface area is 143 Å². The van der Waals surface area contributed by atoms with E-state index in [1.54, 1.807) is 35.1 Å². The zero-order valence-corrected chi connectivity index (χ0v) is 13.4. The number of benzene rings is 2. The van der Waals surface area contributed by atoms with Crippen molar-refractivity contribution in [2.24, 2.45) is 0 Å². The summed E-state index contributed by atoms with van der Waals surface area (Å²) < 4.78 is 14.6. The van der Waals surface area contributed by atoms with Crippen molar-refractivity contribution in [3.05, 3.63) is 83.4 Å². The van der Waals surface area contributed by atoms with Gasteiger partial charge in [-0.1, -0.05) is 0 Å². The number of nitrogens with zero attached hydrogens (tertiary/aromatic N) is 2. The number of hydrogen-bond donors (Lipinski definition) is 2. The van der Waals surface area contributed by atoms with Gasteiger partial charge in [-0.2, -0.15) is 5.10 Å². The maximum Gasteiger partial charge on any atom is 0.269 e. The van der Waals surface area contributed by atoms with Gasteiger partial charge in [0.1, 0.15) is 5.82 Å². The van der Waals surface area contributed by atoms with Crippen LogP contribution in [0.3, 0.4) is 0 Å². The molecule has 0 aliphatic rings. The summed E-state index contributed by atoms with van der Waals surface area (Å²) in [4.78, 5) is 24.0. The number of nitrogens with one attached hydrogen (secondary N) is 2. The van der Waals surface area contributed by atoms with Crippen LogP contribution in [0.2, 0.25) is 0 Å². The number of hydrogen-bond acceptors (Lipinski definition) is 3. The molecule has 0 saturated carbocycles. The van der Waals surface area contributed by atoms with Crippen LogP contribution in [0.5, 0.6) is 0 Å². The standard InChI is InChI=1S/C18H15FN4O2/c1-12-10-11-20-23(12)16-8-4-14(5-9-16)18(25)22-21-17(24)13-2-6-15(19)7-3-13/h2-11H,1H3,(H,21,24)(H,22,25). The molecular formula is C18H15FN4O2. The Kier molecular flexibility index (Phi) is 4.56. The van der Waals surface area contributed by atoms with Crippen molar-refractivity contribution in [3.63, 3.8) is 0 Å². The smallest absolute Gasteiger partial charge is 0.267 e. The lowest BCUT2D eigenvalue weighted by atomic mass is 10.2. The molecule has 2 amide bonds. The average Bonchev–Trinajstić information content (AvgIpc) is 3.06. The zero-order valence-electron chi connectivity index (χ0n) is 13.4. The monoisotopic (exact) mass is 338 g/mol. The lowest BCUT2D eigenvalue weighted by Crippen LogP contribution is -2.41. The summed E-state index contributed by atoms with van der Waals surface area (Å²) in [7, 11) is 0. The number of halogens is 1. The summed E-state index contributed by atoms with van der Waals surface area (Å²) in [5.41, 5.74) is 7.04. The Hall–Kier alpha value is -3.48. The van der Waals surface area contributed by atoms with E-state index in [4.69, 9.17) is 0 Å². The largest absolute Gasteiger partial charge is 0.269 e. The average molecular weight is 338 g/mol. The van der Waals surface area contributed by atoms with E-state index >= 15 is 0 Å². The number of rotatable bonds is 3. The van der Waals surface area contributed by atoms with Crippen LogP contribution in [0, 0.1) is 12.7 Å². The number of carbonyl (C=O) groups is 2. The van der Waals surface area contributed by atoms with E-state index in [-0.39, 0.29) is 5.56 Å². The Bertz CT molecular complexity index is 902. The third kappa shape index (κ3) is 3.72. The van der Waals surface area contributed by atoms with Crippen molar-refractivity contribution >= 4 is 11.8 Å². The first kappa shape index (κ1) is 16.4. The van der Waals surface area contributed by atoms with Gasteiger partial charge < -0.3 is 0 Å². The Balaban J connectivity index is 1.62. The van der Waals surface area contributed by atoms with Gasteiger partial charge in [0, 0.05) is 23.0 Å². The molecule has 0 radical (unpaired) electrons. The fourth-order valence-electron chi connectivity index (χ4n) is 2.25. The molecule has 0 atom stereocenters. The highest BCUT2D eigenvalue weighted by Gasteiger charge is 2.10. The molecule has 0 aliphatic heterocycles. The van der Waals surface area contributed by atoms with Gasteiger partial charge in [-0.25, -0.2) is 9.07 Å². The second kappa shape index (κ2) is 6.96. The summed E-state index contributed by atoms with van der Waals surface area (Å²) in [6.07, 6.45) is 1.70. The van der Waals surface area contributed by atoms with Crippen molar-refractivity contribution < 1.29 is 14.0 Å². The molecule has 126 valence electrons. The van der Waals surface area contributed by atoms with Crippen molar-refractivity contribution in [2.45, 2.75) is 6.92 Å². The zero-order chi connectivity index (χ0) is 17.8. The van der Waals surface area contributed by atoms with Crippen LogP contribution in [0.15, 0.2) is 60.8 Å². The molecule has 0 spiro atoms. The molecule has 3 rings (SSSR count). The highest BCUT2D eigenvalue weighted by atomic mass is 19.1. The Morgan fingerprint density at radius 3 is 1.88 bits per heavy atom. The van der Waals surface area contributed by atoms with E-state index < -0.39 is 17.6 Å². The molecule has 0 aliphatic carbocycles. The molecule has 1 aromatic heterocycles. The van der Waals surface area contributed by atoms with E-state index in [0.29, 0.717) is 5.56 Å². The molecular weight excluding hydrogens is 323 g/mol. The molecule has 3 aromatic rings. The van der Waals surface area contributed by atoms with Crippen LogP contribution in [-0.4, -0.2) is 21.6 Å². The topological polar surface area (TPSA) is 76.0 Å².